The average molecular weight is 310 g/mol. The Kier molecular flexibility index (Phi) is 4.47. The van der Waals surface area contributed by atoms with Crippen molar-refractivity contribution >= 4 is 11.6 Å². The molecule has 0 aliphatic heterocycles. The van der Waals surface area contributed by atoms with Gasteiger partial charge in [0, 0.05) is 18.1 Å². The zero-order valence-electron chi connectivity index (χ0n) is 12.8. The number of rotatable bonds is 6. The lowest BCUT2D eigenvalue weighted by Crippen LogP contribution is -2.19. The Hall–Kier alpha value is -2.95. The summed E-state index contributed by atoms with van der Waals surface area (Å²) >= 11 is 0. The minimum atomic E-state index is -0.168. The minimum Gasteiger partial charge on any atom is -0.497 e. The van der Waals surface area contributed by atoms with Crippen molar-refractivity contribution in [2.75, 3.05) is 12.4 Å². The highest BCUT2D eigenvalue weighted by Crippen LogP contribution is 2.24. The molecule has 0 unspecified atom stereocenters. The van der Waals surface area contributed by atoms with Crippen LogP contribution in [-0.2, 0) is 4.79 Å². The molecule has 5 nitrogen and oxygen atoms in total. The first-order valence-electron chi connectivity index (χ1n) is 7.36. The van der Waals surface area contributed by atoms with Crippen LogP contribution >= 0.6 is 0 Å². The molecular formula is C18H18N2O3. The molecule has 0 aliphatic rings. The molecule has 0 saturated carbocycles. The number of aromatic nitrogens is 1. The van der Waals surface area contributed by atoms with Crippen molar-refractivity contribution in [1.29, 1.82) is 0 Å². The van der Waals surface area contributed by atoms with Crippen molar-refractivity contribution in [2.24, 2.45) is 0 Å². The van der Waals surface area contributed by atoms with Gasteiger partial charge in [-0.05, 0) is 48.5 Å². The van der Waals surface area contributed by atoms with Crippen LogP contribution < -0.4 is 10.1 Å². The number of hydrogen-bond donors (Lipinski definition) is 1. The number of benzene rings is 1. The van der Waals surface area contributed by atoms with E-state index in [-0.39, 0.29) is 18.4 Å². The van der Waals surface area contributed by atoms with Gasteiger partial charge in [0.25, 0.3) is 0 Å². The van der Waals surface area contributed by atoms with E-state index in [4.69, 9.17) is 9.15 Å². The normalized spacial score (nSPS) is 11.9. The van der Waals surface area contributed by atoms with E-state index in [9.17, 15) is 4.79 Å². The molecule has 3 rings (SSSR count). The van der Waals surface area contributed by atoms with Crippen LogP contribution in [0, 0.1) is 0 Å². The van der Waals surface area contributed by atoms with Gasteiger partial charge in [-0.3, -0.25) is 4.79 Å². The molecule has 0 aliphatic carbocycles. The van der Waals surface area contributed by atoms with Gasteiger partial charge >= 0.3 is 0 Å². The molecule has 1 aromatic carbocycles. The van der Waals surface area contributed by atoms with Gasteiger partial charge in [-0.1, -0.05) is 0 Å². The topological polar surface area (TPSA) is 56.4 Å². The second-order valence-corrected chi connectivity index (χ2v) is 5.14. The third-order valence-corrected chi connectivity index (χ3v) is 3.61. The molecule has 1 atom stereocenters. The fraction of sp³-hybridized carbons (Fsp3) is 0.167. The quantitative estimate of drug-likeness (QED) is 0.755. The van der Waals surface area contributed by atoms with Crippen LogP contribution in [0.3, 0.4) is 0 Å². The first-order chi connectivity index (χ1) is 11.3. The van der Waals surface area contributed by atoms with Crippen LogP contribution in [0.1, 0.15) is 18.2 Å². The van der Waals surface area contributed by atoms with Crippen LogP contribution in [0.15, 0.2) is 71.6 Å². The molecule has 0 fully saturated rings. The predicted octanol–water partition coefficient (Wildman–Crippen LogP) is 3.71. The first kappa shape index (κ1) is 15.0. The standard InChI is InChI=1S/C18H18N2O3/c1-22-15-8-6-14(7-9-15)19-18(21)13-16(17-5-4-12-23-17)20-10-2-3-11-20/h2-12,16H,13H2,1H3,(H,19,21)/t16-/m0/s1. The summed E-state index contributed by atoms with van der Waals surface area (Å²) in [7, 11) is 1.61. The van der Waals surface area contributed by atoms with Gasteiger partial charge in [-0.15, -0.1) is 0 Å². The van der Waals surface area contributed by atoms with Crippen molar-refractivity contribution in [2.45, 2.75) is 12.5 Å². The van der Waals surface area contributed by atoms with E-state index in [1.807, 2.05) is 65.5 Å². The van der Waals surface area contributed by atoms with E-state index in [2.05, 4.69) is 5.32 Å². The van der Waals surface area contributed by atoms with Crippen molar-refractivity contribution in [3.05, 3.63) is 72.9 Å². The van der Waals surface area contributed by atoms with Crippen LogP contribution in [0.25, 0.3) is 0 Å². The van der Waals surface area contributed by atoms with Gasteiger partial charge in [0.15, 0.2) is 0 Å². The zero-order chi connectivity index (χ0) is 16.1. The number of amides is 1. The second kappa shape index (κ2) is 6.87. The zero-order valence-corrected chi connectivity index (χ0v) is 12.8. The van der Waals surface area contributed by atoms with E-state index >= 15 is 0 Å². The monoisotopic (exact) mass is 310 g/mol. The van der Waals surface area contributed by atoms with E-state index in [0.29, 0.717) is 0 Å². The van der Waals surface area contributed by atoms with Gasteiger partial charge in [0.1, 0.15) is 11.5 Å². The summed E-state index contributed by atoms with van der Waals surface area (Å²) < 4.78 is 12.6. The predicted molar refractivity (Wildman–Crippen MR) is 87.5 cm³/mol. The van der Waals surface area contributed by atoms with Crippen molar-refractivity contribution in [3.8, 4) is 5.75 Å². The maximum atomic E-state index is 12.4. The van der Waals surface area contributed by atoms with E-state index in [1.54, 1.807) is 13.4 Å². The second-order valence-electron chi connectivity index (χ2n) is 5.14. The van der Waals surface area contributed by atoms with Crippen LogP contribution in [0.4, 0.5) is 5.69 Å². The molecule has 0 saturated heterocycles. The molecule has 1 amide bonds. The Morgan fingerprint density at radius 1 is 1.17 bits per heavy atom. The van der Waals surface area contributed by atoms with Crippen LogP contribution in [0.5, 0.6) is 5.75 Å². The van der Waals surface area contributed by atoms with E-state index in [1.165, 1.54) is 0 Å². The number of hydrogen-bond acceptors (Lipinski definition) is 3. The van der Waals surface area contributed by atoms with Gasteiger partial charge in [0.2, 0.25) is 5.91 Å². The number of nitrogens with zero attached hydrogens (tertiary/aromatic N) is 1. The summed E-state index contributed by atoms with van der Waals surface area (Å²) in [6.07, 6.45) is 5.75. The molecule has 2 heterocycles. The van der Waals surface area contributed by atoms with Gasteiger partial charge < -0.3 is 19.0 Å². The summed E-state index contributed by atoms with van der Waals surface area (Å²) in [4.78, 5) is 12.4. The van der Waals surface area contributed by atoms with Gasteiger partial charge in [-0.25, -0.2) is 0 Å². The molecular weight excluding hydrogens is 292 g/mol. The Bertz CT molecular complexity index is 697. The highest BCUT2D eigenvalue weighted by atomic mass is 16.5. The Morgan fingerprint density at radius 2 is 1.91 bits per heavy atom. The fourth-order valence-electron chi connectivity index (χ4n) is 2.45. The lowest BCUT2D eigenvalue weighted by Gasteiger charge is -2.16. The average Bonchev–Trinajstić information content (AvgIpc) is 3.27. The SMILES string of the molecule is COc1ccc(NC(=O)C[C@@H](c2ccco2)n2cccc2)cc1. The van der Waals surface area contributed by atoms with Gasteiger partial charge in [0.05, 0.1) is 25.8 Å². The number of ether oxygens (including phenoxy) is 1. The van der Waals surface area contributed by atoms with Crippen molar-refractivity contribution in [3.63, 3.8) is 0 Å². The molecule has 2 aromatic heterocycles. The van der Waals surface area contributed by atoms with Crippen LogP contribution in [0.2, 0.25) is 0 Å². The minimum absolute atomic E-state index is 0.0785. The largest absolute Gasteiger partial charge is 0.497 e. The number of methoxy groups -OCH3 is 1. The van der Waals surface area contributed by atoms with Gasteiger partial charge in [-0.2, -0.15) is 0 Å². The Labute approximate surface area is 134 Å². The molecule has 118 valence electrons. The first-order valence-corrected chi connectivity index (χ1v) is 7.36. The molecule has 1 N–H and O–H groups in total. The molecule has 0 bridgehead atoms. The third-order valence-electron chi connectivity index (χ3n) is 3.61. The van der Waals surface area contributed by atoms with Crippen molar-refractivity contribution < 1.29 is 13.9 Å². The number of anilines is 1. The smallest absolute Gasteiger partial charge is 0.226 e. The maximum absolute atomic E-state index is 12.4. The summed E-state index contributed by atoms with van der Waals surface area (Å²) in [6, 6.07) is 14.6. The summed E-state index contributed by atoms with van der Waals surface area (Å²) in [5.41, 5.74) is 0.738. The maximum Gasteiger partial charge on any atom is 0.226 e. The summed E-state index contributed by atoms with van der Waals surface area (Å²) in [6.45, 7) is 0. The Balaban J connectivity index is 1.71. The molecule has 5 heteroatoms. The van der Waals surface area contributed by atoms with Crippen molar-refractivity contribution in [1.82, 2.24) is 4.57 Å². The number of furan rings is 1. The highest BCUT2D eigenvalue weighted by Gasteiger charge is 2.19. The molecule has 0 radical (unpaired) electrons. The van der Waals surface area contributed by atoms with Crippen LogP contribution in [-0.4, -0.2) is 17.6 Å². The van der Waals surface area contributed by atoms with E-state index < -0.39 is 0 Å². The summed E-state index contributed by atoms with van der Waals surface area (Å²) in [5, 5.41) is 2.90. The number of carbonyl (C=O) groups excluding carboxylic acids is 1. The Morgan fingerprint density at radius 3 is 2.52 bits per heavy atom. The lowest BCUT2D eigenvalue weighted by molar-refractivity contribution is -0.116. The molecule has 23 heavy (non-hydrogen) atoms. The number of nitrogens with one attached hydrogen (secondary N) is 1. The fourth-order valence-corrected chi connectivity index (χ4v) is 2.45. The number of carbonyl (C=O) groups is 1. The molecule has 0 spiro atoms. The summed E-state index contributed by atoms with van der Waals surface area (Å²) in [5.74, 6) is 1.43. The van der Waals surface area contributed by atoms with E-state index in [0.717, 1.165) is 17.2 Å². The highest BCUT2D eigenvalue weighted by molar-refractivity contribution is 5.91. The molecule has 3 aromatic rings. The lowest BCUT2D eigenvalue weighted by atomic mass is 10.1. The third kappa shape index (κ3) is 3.63.